The van der Waals surface area contributed by atoms with Gasteiger partial charge >= 0.3 is 0 Å². The molecule has 2 aromatic carbocycles. The van der Waals surface area contributed by atoms with Gasteiger partial charge in [-0.05, 0) is 79.1 Å². The molecule has 0 bridgehead atoms. The molecule has 0 spiro atoms. The molecule has 29 heavy (non-hydrogen) atoms. The highest BCUT2D eigenvalue weighted by molar-refractivity contribution is 8.19. The predicted octanol–water partition coefficient (Wildman–Crippen LogP) is 5.73. The van der Waals surface area contributed by atoms with E-state index in [-0.39, 0.29) is 11.1 Å². The lowest BCUT2D eigenvalue weighted by molar-refractivity contribution is -0.113. The summed E-state index contributed by atoms with van der Waals surface area (Å²) in [5.41, 5.74) is 3.52. The molecule has 152 valence electrons. The molecular formula is C23H25NO4S. The number of anilines is 1. The third-order valence-corrected chi connectivity index (χ3v) is 5.65. The molecular weight excluding hydrogens is 386 g/mol. The summed E-state index contributed by atoms with van der Waals surface area (Å²) in [6.07, 6.45) is 3.73. The normalized spacial score (nSPS) is 15.3. The number of carbonyl (C=O) groups is 2. The van der Waals surface area contributed by atoms with Gasteiger partial charge in [-0.2, -0.15) is 0 Å². The van der Waals surface area contributed by atoms with Crippen LogP contribution in [0.5, 0.6) is 11.5 Å². The Bertz CT molecular complexity index is 967. The average Bonchev–Trinajstić information content (AvgIpc) is 2.98. The van der Waals surface area contributed by atoms with Gasteiger partial charge in [0.1, 0.15) is 0 Å². The number of methoxy groups -OCH3 is 1. The Balaban J connectivity index is 1.84. The minimum atomic E-state index is -0.314. The first kappa shape index (κ1) is 21.0. The van der Waals surface area contributed by atoms with Gasteiger partial charge in [-0.3, -0.25) is 9.59 Å². The van der Waals surface area contributed by atoms with E-state index in [0.29, 0.717) is 28.7 Å². The fourth-order valence-corrected chi connectivity index (χ4v) is 3.77. The average molecular weight is 412 g/mol. The Kier molecular flexibility index (Phi) is 6.64. The SMILES string of the molecule is CCCCOc1ccc(C=C2SC(=O)N(c3ccc(C)c(C)c3)C2=O)cc1OC. The second-order valence-corrected chi connectivity index (χ2v) is 7.89. The smallest absolute Gasteiger partial charge is 0.298 e. The van der Waals surface area contributed by atoms with Crippen LogP contribution < -0.4 is 14.4 Å². The minimum absolute atomic E-state index is 0.295. The quantitative estimate of drug-likeness (QED) is 0.430. The third kappa shape index (κ3) is 4.65. The van der Waals surface area contributed by atoms with E-state index in [1.54, 1.807) is 19.3 Å². The Morgan fingerprint density at radius 2 is 1.83 bits per heavy atom. The Morgan fingerprint density at radius 3 is 2.52 bits per heavy atom. The van der Waals surface area contributed by atoms with Crippen molar-refractivity contribution in [3.8, 4) is 11.5 Å². The summed E-state index contributed by atoms with van der Waals surface area (Å²) in [5, 5.41) is -0.295. The Labute approximate surface area is 175 Å². The first-order valence-corrected chi connectivity index (χ1v) is 10.4. The number of benzene rings is 2. The van der Waals surface area contributed by atoms with E-state index >= 15 is 0 Å². The van der Waals surface area contributed by atoms with Gasteiger partial charge < -0.3 is 9.47 Å². The lowest BCUT2D eigenvalue weighted by Gasteiger charge is -2.14. The molecule has 1 saturated heterocycles. The summed E-state index contributed by atoms with van der Waals surface area (Å²) in [4.78, 5) is 27.0. The van der Waals surface area contributed by atoms with Gasteiger partial charge in [0.25, 0.3) is 11.1 Å². The zero-order valence-corrected chi connectivity index (χ0v) is 18.0. The molecule has 1 aliphatic rings. The van der Waals surface area contributed by atoms with Crippen LogP contribution in [0.25, 0.3) is 6.08 Å². The molecule has 1 aliphatic heterocycles. The fraction of sp³-hybridized carbons (Fsp3) is 0.304. The highest BCUT2D eigenvalue weighted by Gasteiger charge is 2.36. The molecule has 5 nitrogen and oxygen atoms in total. The second-order valence-electron chi connectivity index (χ2n) is 6.90. The van der Waals surface area contributed by atoms with Crippen LogP contribution in [0.3, 0.4) is 0 Å². The second kappa shape index (κ2) is 9.18. The number of carbonyl (C=O) groups excluding carboxylic acids is 2. The third-order valence-electron chi connectivity index (χ3n) is 4.78. The zero-order chi connectivity index (χ0) is 21.0. The summed E-state index contributed by atoms with van der Waals surface area (Å²) in [5.74, 6) is 0.954. The lowest BCUT2D eigenvalue weighted by Crippen LogP contribution is -2.27. The molecule has 2 aromatic rings. The molecule has 0 radical (unpaired) electrons. The van der Waals surface area contributed by atoms with Crippen LogP contribution >= 0.6 is 11.8 Å². The van der Waals surface area contributed by atoms with Crippen molar-refractivity contribution in [2.45, 2.75) is 33.6 Å². The monoisotopic (exact) mass is 411 g/mol. The topological polar surface area (TPSA) is 55.8 Å². The number of hydrogen-bond donors (Lipinski definition) is 0. The summed E-state index contributed by atoms with van der Waals surface area (Å²) >= 11 is 0.943. The van der Waals surface area contributed by atoms with Crippen LogP contribution in [0.15, 0.2) is 41.3 Å². The fourth-order valence-electron chi connectivity index (χ4n) is 2.93. The lowest BCUT2D eigenvalue weighted by atomic mass is 10.1. The van der Waals surface area contributed by atoms with Crippen molar-refractivity contribution in [2.24, 2.45) is 0 Å². The van der Waals surface area contributed by atoms with Crippen molar-refractivity contribution in [1.82, 2.24) is 0 Å². The van der Waals surface area contributed by atoms with Gasteiger partial charge in [-0.15, -0.1) is 0 Å². The molecule has 3 rings (SSSR count). The summed E-state index contributed by atoms with van der Waals surface area (Å²) in [6, 6.07) is 11.1. The van der Waals surface area contributed by atoms with E-state index in [9.17, 15) is 9.59 Å². The van der Waals surface area contributed by atoms with E-state index in [0.717, 1.165) is 41.3 Å². The maximum Gasteiger partial charge on any atom is 0.298 e. The molecule has 2 amide bonds. The molecule has 6 heteroatoms. The summed E-state index contributed by atoms with van der Waals surface area (Å²) in [6.45, 7) is 6.69. The van der Waals surface area contributed by atoms with E-state index in [1.807, 2.05) is 44.2 Å². The van der Waals surface area contributed by atoms with E-state index in [1.165, 1.54) is 4.90 Å². The van der Waals surface area contributed by atoms with E-state index in [2.05, 4.69) is 6.92 Å². The van der Waals surface area contributed by atoms with Gasteiger partial charge in [0, 0.05) is 0 Å². The summed E-state index contributed by atoms with van der Waals surface area (Å²) < 4.78 is 11.2. The first-order chi connectivity index (χ1) is 13.9. The Hall–Kier alpha value is -2.73. The number of imide groups is 1. The number of unbranched alkanes of at least 4 members (excludes halogenated alkanes) is 1. The molecule has 0 aromatic heterocycles. The van der Waals surface area contributed by atoms with Gasteiger partial charge in [0.15, 0.2) is 11.5 Å². The summed E-state index contributed by atoms with van der Waals surface area (Å²) in [7, 11) is 1.58. The van der Waals surface area contributed by atoms with Crippen LogP contribution in [0, 0.1) is 13.8 Å². The predicted molar refractivity (Wildman–Crippen MR) is 118 cm³/mol. The van der Waals surface area contributed by atoms with E-state index < -0.39 is 0 Å². The first-order valence-electron chi connectivity index (χ1n) is 9.60. The number of aryl methyl sites for hydroxylation is 2. The minimum Gasteiger partial charge on any atom is -0.493 e. The van der Waals surface area contributed by atoms with E-state index in [4.69, 9.17) is 9.47 Å². The number of rotatable bonds is 7. The van der Waals surface area contributed by atoms with Crippen molar-refractivity contribution in [2.75, 3.05) is 18.6 Å². The molecule has 0 unspecified atom stereocenters. The molecule has 0 atom stereocenters. The van der Waals surface area contributed by atoms with Crippen LogP contribution in [0.2, 0.25) is 0 Å². The van der Waals surface area contributed by atoms with Gasteiger partial charge in [0.2, 0.25) is 0 Å². The number of thioether (sulfide) groups is 1. The number of nitrogens with zero attached hydrogens (tertiary/aromatic N) is 1. The molecule has 1 heterocycles. The van der Waals surface area contributed by atoms with Crippen LogP contribution in [0.4, 0.5) is 10.5 Å². The zero-order valence-electron chi connectivity index (χ0n) is 17.2. The molecule has 0 saturated carbocycles. The van der Waals surface area contributed by atoms with Crippen molar-refractivity contribution >= 4 is 34.7 Å². The highest BCUT2D eigenvalue weighted by Crippen LogP contribution is 2.37. The van der Waals surface area contributed by atoms with Crippen LogP contribution in [-0.4, -0.2) is 24.9 Å². The van der Waals surface area contributed by atoms with Crippen LogP contribution in [-0.2, 0) is 4.79 Å². The van der Waals surface area contributed by atoms with Gasteiger partial charge in [-0.1, -0.05) is 25.5 Å². The standard InChI is InChI=1S/C23H25NO4S/c1-5-6-11-28-19-10-8-17(13-20(19)27-4)14-21-22(25)24(23(26)29-21)18-9-7-15(2)16(3)12-18/h7-10,12-14H,5-6,11H2,1-4H3. The largest absolute Gasteiger partial charge is 0.493 e. The van der Waals surface area contributed by atoms with Crippen molar-refractivity contribution in [3.63, 3.8) is 0 Å². The molecule has 1 fully saturated rings. The maximum absolute atomic E-state index is 12.9. The number of hydrogen-bond acceptors (Lipinski definition) is 5. The Morgan fingerprint density at radius 1 is 1.03 bits per heavy atom. The van der Waals surface area contributed by atoms with Crippen molar-refractivity contribution < 1.29 is 19.1 Å². The number of ether oxygens (including phenoxy) is 2. The maximum atomic E-state index is 12.9. The van der Waals surface area contributed by atoms with Gasteiger partial charge in [0.05, 0.1) is 24.3 Å². The van der Waals surface area contributed by atoms with Crippen molar-refractivity contribution in [1.29, 1.82) is 0 Å². The van der Waals surface area contributed by atoms with Crippen LogP contribution in [0.1, 0.15) is 36.5 Å². The molecule has 0 aliphatic carbocycles. The number of amides is 2. The van der Waals surface area contributed by atoms with Gasteiger partial charge in [-0.25, -0.2) is 4.90 Å². The van der Waals surface area contributed by atoms with Crippen molar-refractivity contribution in [3.05, 3.63) is 58.0 Å². The molecule has 0 N–H and O–H groups in total. The highest BCUT2D eigenvalue weighted by atomic mass is 32.2.